The highest BCUT2D eigenvalue weighted by Gasteiger charge is 2.19. The third kappa shape index (κ3) is 3.32. The summed E-state index contributed by atoms with van der Waals surface area (Å²) in [4.78, 5) is 1.16. The van der Waals surface area contributed by atoms with Crippen molar-refractivity contribution in [1.82, 2.24) is 0 Å². The number of rotatable bonds is 4. The van der Waals surface area contributed by atoms with Gasteiger partial charge in [0.05, 0.1) is 4.90 Å². The van der Waals surface area contributed by atoms with E-state index in [-0.39, 0.29) is 9.13 Å². The summed E-state index contributed by atoms with van der Waals surface area (Å²) in [5.41, 5.74) is 2.17. The minimum Gasteiger partial charge on any atom is -0.218 e. The maximum absolute atomic E-state index is 12.4. The standard InChI is InChI=1S/C16H16O2S2/c1-12-4-8-15(9-5-12)19-14(3)20(17,18)16-10-6-13(2)7-11-16/h4-11H,3H2,1-2H3. The smallest absolute Gasteiger partial charge is 0.212 e. The Morgan fingerprint density at radius 2 is 1.35 bits per heavy atom. The Morgan fingerprint density at radius 1 is 0.900 bits per heavy atom. The Bertz CT molecular complexity index is 712. The lowest BCUT2D eigenvalue weighted by atomic mass is 10.2. The molecule has 0 aliphatic heterocycles. The van der Waals surface area contributed by atoms with Gasteiger partial charge in [-0.2, -0.15) is 0 Å². The Kier molecular flexibility index (Phi) is 4.35. The van der Waals surface area contributed by atoms with Gasteiger partial charge in [-0.05, 0) is 38.1 Å². The first-order valence-electron chi connectivity index (χ1n) is 6.15. The molecule has 0 radical (unpaired) electrons. The van der Waals surface area contributed by atoms with Crippen LogP contribution >= 0.6 is 11.8 Å². The molecular formula is C16H16O2S2. The molecule has 2 rings (SSSR count). The summed E-state index contributed by atoms with van der Waals surface area (Å²) < 4.78 is 24.9. The third-order valence-corrected chi connectivity index (χ3v) is 6.02. The molecule has 0 fully saturated rings. The minimum atomic E-state index is -3.50. The van der Waals surface area contributed by atoms with Gasteiger partial charge in [-0.25, -0.2) is 8.42 Å². The summed E-state index contributed by atoms with van der Waals surface area (Å²) in [5.74, 6) is 0. The molecule has 2 aromatic rings. The number of hydrogen-bond acceptors (Lipinski definition) is 3. The van der Waals surface area contributed by atoms with Crippen molar-refractivity contribution in [3.8, 4) is 0 Å². The summed E-state index contributed by atoms with van der Waals surface area (Å²) in [7, 11) is -3.50. The van der Waals surface area contributed by atoms with Crippen molar-refractivity contribution < 1.29 is 8.42 Å². The van der Waals surface area contributed by atoms with E-state index in [1.807, 2.05) is 38.1 Å². The molecule has 2 nitrogen and oxygen atoms in total. The topological polar surface area (TPSA) is 34.1 Å². The number of aryl methyl sites for hydroxylation is 2. The van der Waals surface area contributed by atoms with Gasteiger partial charge in [-0.3, -0.25) is 0 Å². The molecule has 0 aliphatic rings. The zero-order valence-electron chi connectivity index (χ0n) is 11.5. The van der Waals surface area contributed by atoms with Gasteiger partial charge in [-0.1, -0.05) is 53.7 Å². The van der Waals surface area contributed by atoms with E-state index in [2.05, 4.69) is 6.58 Å². The number of sulfone groups is 1. The summed E-state index contributed by atoms with van der Waals surface area (Å²) in [6, 6.07) is 14.5. The van der Waals surface area contributed by atoms with E-state index in [4.69, 9.17) is 0 Å². The van der Waals surface area contributed by atoms with E-state index in [9.17, 15) is 8.42 Å². The normalized spacial score (nSPS) is 11.3. The first-order valence-corrected chi connectivity index (χ1v) is 8.45. The predicted molar refractivity (Wildman–Crippen MR) is 84.5 cm³/mol. The SMILES string of the molecule is C=C(Sc1ccc(C)cc1)S(=O)(=O)c1ccc(C)cc1. The lowest BCUT2D eigenvalue weighted by Gasteiger charge is -2.08. The second-order valence-corrected chi connectivity index (χ2v) is 8.00. The van der Waals surface area contributed by atoms with Gasteiger partial charge in [0.15, 0.2) is 0 Å². The second kappa shape index (κ2) is 5.85. The fourth-order valence-electron chi connectivity index (χ4n) is 1.64. The van der Waals surface area contributed by atoms with Gasteiger partial charge >= 0.3 is 0 Å². The van der Waals surface area contributed by atoms with E-state index in [1.54, 1.807) is 24.3 Å². The highest BCUT2D eigenvalue weighted by atomic mass is 32.3. The monoisotopic (exact) mass is 304 g/mol. The van der Waals surface area contributed by atoms with E-state index < -0.39 is 9.84 Å². The molecule has 104 valence electrons. The largest absolute Gasteiger partial charge is 0.218 e. The van der Waals surface area contributed by atoms with E-state index in [0.29, 0.717) is 0 Å². The van der Waals surface area contributed by atoms with Crippen molar-refractivity contribution in [2.75, 3.05) is 0 Å². The Morgan fingerprint density at radius 3 is 1.85 bits per heavy atom. The first-order chi connectivity index (χ1) is 9.39. The highest BCUT2D eigenvalue weighted by molar-refractivity contribution is 8.18. The van der Waals surface area contributed by atoms with Crippen LogP contribution in [-0.2, 0) is 9.84 Å². The Balaban J connectivity index is 2.23. The van der Waals surface area contributed by atoms with E-state index >= 15 is 0 Å². The van der Waals surface area contributed by atoms with Gasteiger partial charge in [-0.15, -0.1) is 0 Å². The maximum atomic E-state index is 12.4. The average molecular weight is 304 g/mol. The molecule has 0 aliphatic carbocycles. The van der Waals surface area contributed by atoms with Crippen LogP contribution in [0.4, 0.5) is 0 Å². The molecule has 0 N–H and O–H groups in total. The molecule has 0 heterocycles. The van der Waals surface area contributed by atoms with E-state index in [1.165, 1.54) is 11.8 Å². The van der Waals surface area contributed by atoms with Crippen LogP contribution in [0.2, 0.25) is 0 Å². The van der Waals surface area contributed by atoms with Crippen LogP contribution in [0.15, 0.2) is 69.1 Å². The molecule has 4 heteroatoms. The third-order valence-electron chi connectivity index (χ3n) is 2.88. The summed E-state index contributed by atoms with van der Waals surface area (Å²) in [6.45, 7) is 7.63. The highest BCUT2D eigenvalue weighted by Crippen LogP contribution is 2.33. The van der Waals surface area contributed by atoms with Crippen molar-refractivity contribution in [3.05, 3.63) is 70.5 Å². The Hall–Kier alpha value is -1.52. The minimum absolute atomic E-state index is 0.144. The van der Waals surface area contributed by atoms with Gasteiger partial charge in [0.25, 0.3) is 0 Å². The Labute approximate surface area is 124 Å². The van der Waals surface area contributed by atoms with Crippen LogP contribution in [0.25, 0.3) is 0 Å². The van der Waals surface area contributed by atoms with Crippen LogP contribution < -0.4 is 0 Å². The summed E-state index contributed by atoms with van der Waals surface area (Å²) in [6.07, 6.45) is 0. The van der Waals surface area contributed by atoms with Crippen LogP contribution in [-0.4, -0.2) is 8.42 Å². The van der Waals surface area contributed by atoms with Gasteiger partial charge in [0, 0.05) is 4.90 Å². The van der Waals surface area contributed by atoms with Crippen LogP contribution in [0.1, 0.15) is 11.1 Å². The van der Waals surface area contributed by atoms with Crippen molar-refractivity contribution in [1.29, 1.82) is 0 Å². The van der Waals surface area contributed by atoms with Crippen LogP contribution in [0.5, 0.6) is 0 Å². The lowest BCUT2D eigenvalue weighted by molar-refractivity contribution is 0.604. The van der Waals surface area contributed by atoms with Gasteiger partial charge in [0.2, 0.25) is 9.84 Å². The number of thioether (sulfide) groups is 1. The van der Waals surface area contributed by atoms with Crippen molar-refractivity contribution in [2.24, 2.45) is 0 Å². The van der Waals surface area contributed by atoms with Crippen molar-refractivity contribution >= 4 is 21.6 Å². The van der Waals surface area contributed by atoms with Crippen molar-refractivity contribution in [2.45, 2.75) is 23.6 Å². The molecular weight excluding hydrogens is 288 g/mol. The quantitative estimate of drug-likeness (QED) is 0.788. The zero-order chi connectivity index (χ0) is 14.8. The van der Waals surface area contributed by atoms with Crippen molar-refractivity contribution in [3.63, 3.8) is 0 Å². The van der Waals surface area contributed by atoms with Gasteiger partial charge < -0.3 is 0 Å². The maximum Gasteiger partial charge on any atom is 0.212 e. The predicted octanol–water partition coefficient (Wildman–Crippen LogP) is 4.34. The first kappa shape index (κ1) is 14.9. The van der Waals surface area contributed by atoms with Gasteiger partial charge in [0.1, 0.15) is 4.24 Å². The zero-order valence-corrected chi connectivity index (χ0v) is 13.1. The summed E-state index contributed by atoms with van der Waals surface area (Å²) >= 11 is 1.18. The molecule has 0 aromatic heterocycles. The molecule has 0 unspecified atom stereocenters. The molecule has 2 aromatic carbocycles. The molecule has 0 saturated heterocycles. The van der Waals surface area contributed by atoms with E-state index in [0.717, 1.165) is 16.0 Å². The molecule has 0 bridgehead atoms. The fourth-order valence-corrected chi connectivity index (χ4v) is 3.95. The number of hydrogen-bond donors (Lipinski definition) is 0. The second-order valence-electron chi connectivity index (χ2n) is 4.60. The lowest BCUT2D eigenvalue weighted by Crippen LogP contribution is -2.01. The average Bonchev–Trinajstić information content (AvgIpc) is 2.42. The molecule has 0 atom stereocenters. The molecule has 20 heavy (non-hydrogen) atoms. The van der Waals surface area contributed by atoms with Crippen LogP contribution in [0.3, 0.4) is 0 Å². The fraction of sp³-hybridized carbons (Fsp3) is 0.125. The van der Waals surface area contributed by atoms with Crippen LogP contribution in [0, 0.1) is 13.8 Å². The molecule has 0 saturated carbocycles. The summed E-state index contributed by atoms with van der Waals surface area (Å²) in [5, 5.41) is 0. The molecule has 0 amide bonds. The number of benzene rings is 2. The molecule has 0 spiro atoms.